The van der Waals surface area contributed by atoms with Gasteiger partial charge in [-0.1, -0.05) is 12.1 Å². The van der Waals surface area contributed by atoms with Crippen LogP contribution in [0.5, 0.6) is 0 Å². The summed E-state index contributed by atoms with van der Waals surface area (Å²) in [6.07, 6.45) is 0.474. The molecule has 14 heteroatoms. The van der Waals surface area contributed by atoms with E-state index in [9.17, 15) is 29.4 Å². The molecule has 12 nitrogen and oxygen atoms in total. The Hall–Kier alpha value is -3.13. The topological polar surface area (TPSA) is 185 Å². The van der Waals surface area contributed by atoms with E-state index in [-0.39, 0.29) is 27.5 Å². The van der Waals surface area contributed by atoms with Crippen molar-refractivity contribution >= 4 is 57.7 Å². The largest absolute Gasteiger partial charge is 0.478 e. The number of nitrogen functional groups attached to an aromatic ring is 1. The van der Waals surface area contributed by atoms with Crippen LogP contribution in [0.25, 0.3) is 0 Å². The van der Waals surface area contributed by atoms with Gasteiger partial charge in [0.15, 0.2) is 10.8 Å². The number of anilines is 1. The SMILES string of the molecule is CCC1=C(C(=O)O)N2C(=O)[C@@H](NC(=O)/C(=N\OC(C)(C)C(=O)O)c3csc(N)n3)[C@H]2S[C@H]1C. The summed E-state index contributed by atoms with van der Waals surface area (Å²) in [7, 11) is 0. The van der Waals surface area contributed by atoms with Gasteiger partial charge in [-0.2, -0.15) is 0 Å². The molecule has 2 amide bonds. The number of carboxylic acid groups (broad SMARTS) is 2. The van der Waals surface area contributed by atoms with Crippen molar-refractivity contribution in [1.82, 2.24) is 15.2 Å². The average molecular weight is 498 g/mol. The molecule has 0 radical (unpaired) electrons. The predicted octanol–water partition coefficient (Wildman–Crippen LogP) is 0.846. The number of oxime groups is 1. The van der Waals surface area contributed by atoms with Gasteiger partial charge >= 0.3 is 11.9 Å². The number of aliphatic carboxylic acids is 2. The normalized spacial score (nSPS) is 23.0. The van der Waals surface area contributed by atoms with Gasteiger partial charge in [0, 0.05) is 10.6 Å². The predicted molar refractivity (Wildman–Crippen MR) is 120 cm³/mol. The fourth-order valence-electron chi connectivity index (χ4n) is 3.32. The van der Waals surface area contributed by atoms with Crippen LogP contribution in [0.15, 0.2) is 21.8 Å². The first-order valence-electron chi connectivity index (χ1n) is 9.85. The van der Waals surface area contributed by atoms with Crippen LogP contribution in [0.4, 0.5) is 5.13 Å². The quantitative estimate of drug-likeness (QED) is 0.228. The Labute approximate surface area is 196 Å². The number of thioether (sulfide) groups is 1. The molecule has 2 aliphatic heterocycles. The monoisotopic (exact) mass is 497 g/mol. The summed E-state index contributed by atoms with van der Waals surface area (Å²) in [5.74, 6) is -3.91. The average Bonchev–Trinajstić information content (AvgIpc) is 3.16. The molecular weight excluding hydrogens is 474 g/mol. The van der Waals surface area contributed by atoms with E-state index in [0.717, 1.165) is 11.3 Å². The van der Waals surface area contributed by atoms with Crippen molar-refractivity contribution < 1.29 is 34.2 Å². The molecule has 3 rings (SSSR count). The number of nitrogens with one attached hydrogen (secondary N) is 1. The molecule has 0 unspecified atom stereocenters. The Balaban J connectivity index is 1.86. The van der Waals surface area contributed by atoms with Crippen LogP contribution < -0.4 is 11.1 Å². The summed E-state index contributed by atoms with van der Waals surface area (Å²) >= 11 is 2.40. The number of hydrogen-bond acceptors (Lipinski definition) is 10. The number of carbonyl (C=O) groups excluding carboxylic acids is 2. The molecule has 3 heterocycles. The van der Waals surface area contributed by atoms with Crippen molar-refractivity contribution in [1.29, 1.82) is 0 Å². The number of rotatable bonds is 8. The fourth-order valence-corrected chi connectivity index (χ4v) is 5.40. The van der Waals surface area contributed by atoms with E-state index >= 15 is 0 Å². The molecule has 33 heavy (non-hydrogen) atoms. The van der Waals surface area contributed by atoms with Gasteiger partial charge in [-0.05, 0) is 32.8 Å². The van der Waals surface area contributed by atoms with Crippen LogP contribution >= 0.6 is 23.1 Å². The highest BCUT2D eigenvalue weighted by atomic mass is 32.2. The summed E-state index contributed by atoms with van der Waals surface area (Å²) < 4.78 is 0. The first-order chi connectivity index (χ1) is 15.4. The lowest BCUT2D eigenvalue weighted by atomic mass is 9.99. The lowest BCUT2D eigenvalue weighted by Crippen LogP contribution is -2.71. The third-order valence-electron chi connectivity index (χ3n) is 5.15. The van der Waals surface area contributed by atoms with Crippen LogP contribution in [0.3, 0.4) is 0 Å². The second kappa shape index (κ2) is 9.02. The number of fused-ring (bicyclic) bond motifs is 1. The third-order valence-corrected chi connectivity index (χ3v) is 7.28. The van der Waals surface area contributed by atoms with Crippen molar-refractivity contribution in [2.75, 3.05) is 5.73 Å². The van der Waals surface area contributed by atoms with E-state index in [2.05, 4.69) is 15.5 Å². The Bertz CT molecular complexity index is 1080. The Morgan fingerprint density at radius 2 is 2.03 bits per heavy atom. The highest BCUT2D eigenvalue weighted by Gasteiger charge is 2.55. The molecule has 3 atom stereocenters. The second-order valence-corrected chi connectivity index (χ2v) is 10.1. The molecule has 5 N–H and O–H groups in total. The fraction of sp³-hybridized carbons (Fsp3) is 0.474. The minimum Gasteiger partial charge on any atom is -0.478 e. The lowest BCUT2D eigenvalue weighted by molar-refractivity contribution is -0.161. The molecule has 0 spiro atoms. The van der Waals surface area contributed by atoms with Crippen LogP contribution in [-0.2, 0) is 24.0 Å². The zero-order chi connectivity index (χ0) is 24.7. The van der Waals surface area contributed by atoms with Gasteiger partial charge in [0.25, 0.3) is 11.8 Å². The first kappa shape index (κ1) is 24.5. The van der Waals surface area contributed by atoms with E-state index in [1.807, 2.05) is 13.8 Å². The standard InChI is InChI=1S/C19H23N5O7S2/c1-5-8-7(2)33-15-11(14(26)24(15)12(8)16(27)28)22-13(25)10(9-6-32-18(20)21-9)23-31-19(3,4)17(29)30/h6-7,11,15H,5H2,1-4H3,(H2,20,21)(H,22,25)(H,27,28)(H,29,30)/b23-10-/t7-,11+,15+/m0/s1. The number of thiazole rings is 1. The summed E-state index contributed by atoms with van der Waals surface area (Å²) in [6.45, 7) is 6.17. The number of carboxylic acids is 2. The molecule has 0 bridgehead atoms. The van der Waals surface area contributed by atoms with Crippen molar-refractivity contribution in [2.45, 2.75) is 56.4 Å². The van der Waals surface area contributed by atoms with E-state index < -0.39 is 40.8 Å². The Morgan fingerprint density at radius 3 is 2.55 bits per heavy atom. The minimum atomic E-state index is -1.73. The molecule has 0 aliphatic carbocycles. The number of nitrogens with two attached hydrogens (primary N) is 1. The molecular formula is C19H23N5O7S2. The van der Waals surface area contributed by atoms with Gasteiger partial charge in [0.05, 0.1) is 0 Å². The highest BCUT2D eigenvalue weighted by Crippen LogP contribution is 2.44. The van der Waals surface area contributed by atoms with Crippen molar-refractivity contribution in [3.8, 4) is 0 Å². The number of amides is 2. The lowest BCUT2D eigenvalue weighted by Gasteiger charge is -2.51. The van der Waals surface area contributed by atoms with Gasteiger partial charge in [-0.3, -0.25) is 14.5 Å². The van der Waals surface area contributed by atoms with Gasteiger partial charge < -0.3 is 26.1 Å². The van der Waals surface area contributed by atoms with E-state index in [1.165, 1.54) is 35.9 Å². The summed E-state index contributed by atoms with van der Waals surface area (Å²) in [5, 5.41) is 25.9. The smallest absolute Gasteiger partial charge is 0.352 e. The minimum absolute atomic E-state index is 0.0453. The van der Waals surface area contributed by atoms with Gasteiger partial charge in [0.1, 0.15) is 22.8 Å². The van der Waals surface area contributed by atoms with Gasteiger partial charge in [-0.25, -0.2) is 14.6 Å². The summed E-state index contributed by atoms with van der Waals surface area (Å²) in [6, 6.07) is -1.01. The Morgan fingerprint density at radius 1 is 1.36 bits per heavy atom. The molecule has 178 valence electrons. The van der Waals surface area contributed by atoms with Crippen molar-refractivity contribution in [3.05, 3.63) is 22.3 Å². The highest BCUT2D eigenvalue weighted by molar-refractivity contribution is 8.00. The van der Waals surface area contributed by atoms with Gasteiger partial charge in [-0.15, -0.1) is 23.1 Å². The van der Waals surface area contributed by atoms with E-state index in [1.54, 1.807) is 0 Å². The van der Waals surface area contributed by atoms with Gasteiger partial charge in [0.2, 0.25) is 5.60 Å². The van der Waals surface area contributed by atoms with Crippen LogP contribution in [0.2, 0.25) is 0 Å². The zero-order valence-corrected chi connectivity index (χ0v) is 19.8. The third kappa shape index (κ3) is 4.53. The molecule has 1 fully saturated rings. The summed E-state index contributed by atoms with van der Waals surface area (Å²) in [4.78, 5) is 59.2. The maximum Gasteiger partial charge on any atom is 0.352 e. The van der Waals surface area contributed by atoms with Crippen molar-refractivity contribution in [2.24, 2.45) is 5.16 Å². The molecule has 1 saturated heterocycles. The maximum absolute atomic E-state index is 13.0. The number of β-lactam (4-membered cyclic amide) rings is 1. The first-order valence-corrected chi connectivity index (χ1v) is 11.7. The second-order valence-electron chi connectivity index (χ2n) is 7.78. The van der Waals surface area contributed by atoms with E-state index in [0.29, 0.717) is 12.0 Å². The maximum atomic E-state index is 13.0. The summed E-state index contributed by atoms with van der Waals surface area (Å²) in [5.41, 5.74) is 4.18. The van der Waals surface area contributed by atoms with Crippen LogP contribution in [0, 0.1) is 0 Å². The molecule has 1 aromatic heterocycles. The van der Waals surface area contributed by atoms with Crippen LogP contribution in [0.1, 0.15) is 39.8 Å². The molecule has 1 aromatic rings. The number of carbonyl (C=O) groups is 4. The Kier molecular flexibility index (Phi) is 6.70. The van der Waals surface area contributed by atoms with Crippen LogP contribution in [-0.4, -0.2) is 71.8 Å². The zero-order valence-electron chi connectivity index (χ0n) is 18.2. The molecule has 0 aromatic carbocycles. The number of nitrogens with zero attached hydrogens (tertiary/aromatic N) is 3. The number of hydrogen-bond donors (Lipinski definition) is 4. The molecule has 2 aliphatic rings. The van der Waals surface area contributed by atoms with Crippen molar-refractivity contribution in [3.63, 3.8) is 0 Å². The van der Waals surface area contributed by atoms with E-state index in [4.69, 9.17) is 10.6 Å². The molecule has 0 saturated carbocycles. The number of aromatic nitrogens is 1.